The molecule has 0 spiro atoms. The Hall–Kier alpha value is -0.920. The lowest BCUT2D eigenvalue weighted by atomic mass is 9.76. The molecule has 0 unspecified atom stereocenters. The maximum atomic E-state index is 12.7. The van der Waals surface area contributed by atoms with Gasteiger partial charge in [0.1, 0.15) is 0 Å². The molecule has 0 aliphatic heterocycles. The number of aryl methyl sites for hydroxylation is 1. The molecule has 2 aliphatic rings. The zero-order valence-electron chi connectivity index (χ0n) is 12.7. The maximum Gasteiger partial charge on any atom is 0.260 e. The Morgan fingerprint density at radius 1 is 1.38 bits per heavy atom. The molecule has 3 N–H and O–H groups in total. The Bertz CT molecular complexity index is 609. The summed E-state index contributed by atoms with van der Waals surface area (Å²) in [5.74, 6) is 0. The molecule has 1 aromatic rings. The highest BCUT2D eigenvalue weighted by atomic mass is 32.2. The first kappa shape index (κ1) is 15.0. The zero-order valence-corrected chi connectivity index (χ0v) is 13.5. The molecule has 118 valence electrons. The molecule has 2 aliphatic carbocycles. The molecule has 0 amide bonds. The minimum absolute atomic E-state index is 0.160. The van der Waals surface area contributed by atoms with Crippen molar-refractivity contribution in [1.82, 2.24) is 20.2 Å². The van der Waals surface area contributed by atoms with Crippen molar-refractivity contribution in [2.24, 2.45) is 0 Å². The van der Waals surface area contributed by atoms with Crippen LogP contribution < -0.4 is 10.0 Å². The fourth-order valence-electron chi connectivity index (χ4n) is 2.86. The SMILES string of the molecule is CCC1(NS(=O)(=O)c2n[nH]c(C)c2CNC2CC2)CCC1. The van der Waals surface area contributed by atoms with Gasteiger partial charge in [-0.15, -0.1) is 0 Å². The Kier molecular flexibility index (Phi) is 3.83. The maximum absolute atomic E-state index is 12.7. The number of hydrogen-bond acceptors (Lipinski definition) is 4. The van der Waals surface area contributed by atoms with Gasteiger partial charge in [-0.1, -0.05) is 6.92 Å². The molecule has 0 saturated heterocycles. The topological polar surface area (TPSA) is 86.9 Å². The fraction of sp³-hybridized carbons (Fsp3) is 0.786. The lowest BCUT2D eigenvalue weighted by Gasteiger charge is -2.41. The highest BCUT2D eigenvalue weighted by Crippen LogP contribution is 2.36. The first-order valence-corrected chi connectivity index (χ1v) is 9.25. The monoisotopic (exact) mass is 312 g/mol. The van der Waals surface area contributed by atoms with Crippen molar-refractivity contribution in [3.63, 3.8) is 0 Å². The Labute approximate surface area is 126 Å². The van der Waals surface area contributed by atoms with Gasteiger partial charge in [-0.2, -0.15) is 5.10 Å². The van der Waals surface area contributed by atoms with E-state index >= 15 is 0 Å². The molecule has 2 fully saturated rings. The minimum atomic E-state index is -3.56. The van der Waals surface area contributed by atoms with Crippen LogP contribution in [0.3, 0.4) is 0 Å². The summed E-state index contributed by atoms with van der Waals surface area (Å²) in [6, 6.07) is 0.538. The summed E-state index contributed by atoms with van der Waals surface area (Å²) in [7, 11) is -3.56. The summed E-state index contributed by atoms with van der Waals surface area (Å²) < 4.78 is 28.2. The van der Waals surface area contributed by atoms with E-state index in [1.807, 2.05) is 13.8 Å². The standard InChI is InChI=1S/C14H24N4O2S/c1-3-14(7-4-8-14)18-21(19,20)13-12(10(2)16-17-13)9-15-11-5-6-11/h11,15,18H,3-9H2,1-2H3,(H,16,17). The van der Waals surface area contributed by atoms with Gasteiger partial charge >= 0.3 is 0 Å². The molecule has 7 heteroatoms. The van der Waals surface area contributed by atoms with E-state index in [-0.39, 0.29) is 10.6 Å². The van der Waals surface area contributed by atoms with Gasteiger partial charge in [0.25, 0.3) is 10.0 Å². The molecule has 2 saturated carbocycles. The van der Waals surface area contributed by atoms with Crippen LogP contribution in [0.5, 0.6) is 0 Å². The molecule has 6 nitrogen and oxygen atoms in total. The van der Waals surface area contributed by atoms with E-state index in [4.69, 9.17) is 0 Å². The van der Waals surface area contributed by atoms with Gasteiger partial charge in [0, 0.05) is 29.4 Å². The number of rotatable bonds is 7. The van der Waals surface area contributed by atoms with E-state index in [0.29, 0.717) is 12.6 Å². The summed E-state index contributed by atoms with van der Waals surface area (Å²) in [6.45, 7) is 4.46. The van der Waals surface area contributed by atoms with Crippen molar-refractivity contribution in [3.05, 3.63) is 11.3 Å². The highest BCUT2D eigenvalue weighted by molar-refractivity contribution is 7.89. The lowest BCUT2D eigenvalue weighted by molar-refractivity contribution is 0.213. The Morgan fingerprint density at radius 2 is 2.10 bits per heavy atom. The third kappa shape index (κ3) is 3.00. The number of aromatic amines is 1. The van der Waals surface area contributed by atoms with Gasteiger partial charge < -0.3 is 5.32 Å². The first-order valence-electron chi connectivity index (χ1n) is 7.77. The van der Waals surface area contributed by atoms with E-state index in [0.717, 1.165) is 36.9 Å². The molecule has 21 heavy (non-hydrogen) atoms. The van der Waals surface area contributed by atoms with Crippen molar-refractivity contribution in [3.8, 4) is 0 Å². The Morgan fingerprint density at radius 3 is 2.62 bits per heavy atom. The van der Waals surface area contributed by atoms with Crippen molar-refractivity contribution < 1.29 is 8.42 Å². The van der Waals surface area contributed by atoms with E-state index < -0.39 is 10.0 Å². The van der Waals surface area contributed by atoms with Crippen LogP contribution >= 0.6 is 0 Å². The van der Waals surface area contributed by atoms with Gasteiger partial charge in [0.05, 0.1) is 0 Å². The lowest BCUT2D eigenvalue weighted by Crippen LogP contribution is -2.53. The van der Waals surface area contributed by atoms with Crippen molar-refractivity contribution >= 4 is 10.0 Å². The molecule has 1 aromatic heterocycles. The average molecular weight is 312 g/mol. The van der Waals surface area contributed by atoms with E-state index in [1.165, 1.54) is 12.8 Å². The molecular weight excluding hydrogens is 288 g/mol. The van der Waals surface area contributed by atoms with Gasteiger partial charge in [-0.25, -0.2) is 13.1 Å². The average Bonchev–Trinajstić information content (AvgIpc) is 3.15. The van der Waals surface area contributed by atoms with Crippen LogP contribution in [0.2, 0.25) is 0 Å². The van der Waals surface area contributed by atoms with Crippen LogP contribution in [0.4, 0.5) is 0 Å². The second-order valence-corrected chi connectivity index (χ2v) is 7.98. The van der Waals surface area contributed by atoms with Crippen LogP contribution in [0.1, 0.15) is 56.7 Å². The molecule has 0 bridgehead atoms. The van der Waals surface area contributed by atoms with Crippen LogP contribution in [0.15, 0.2) is 5.03 Å². The molecule has 1 heterocycles. The van der Waals surface area contributed by atoms with Gasteiger partial charge in [0.2, 0.25) is 0 Å². The normalized spacial score (nSPS) is 21.2. The third-order valence-electron chi connectivity index (χ3n) is 4.77. The number of hydrogen-bond donors (Lipinski definition) is 3. The van der Waals surface area contributed by atoms with Crippen molar-refractivity contribution in [2.45, 2.75) is 75.5 Å². The fourth-order valence-corrected chi connectivity index (χ4v) is 4.59. The van der Waals surface area contributed by atoms with Crippen molar-refractivity contribution in [2.75, 3.05) is 0 Å². The first-order chi connectivity index (χ1) is 9.96. The highest BCUT2D eigenvalue weighted by Gasteiger charge is 2.40. The van der Waals surface area contributed by atoms with Crippen LogP contribution in [0, 0.1) is 6.92 Å². The van der Waals surface area contributed by atoms with Crippen LogP contribution in [-0.2, 0) is 16.6 Å². The summed E-state index contributed by atoms with van der Waals surface area (Å²) in [5.41, 5.74) is 1.33. The van der Waals surface area contributed by atoms with E-state index in [1.54, 1.807) is 0 Å². The number of nitrogens with one attached hydrogen (secondary N) is 3. The molecular formula is C14H24N4O2S. The largest absolute Gasteiger partial charge is 0.310 e. The second-order valence-electron chi connectivity index (χ2n) is 6.38. The third-order valence-corrected chi connectivity index (χ3v) is 6.32. The summed E-state index contributed by atoms with van der Waals surface area (Å²) in [5, 5.41) is 10.4. The van der Waals surface area contributed by atoms with E-state index in [9.17, 15) is 8.42 Å². The Balaban J connectivity index is 1.80. The molecule has 0 radical (unpaired) electrons. The summed E-state index contributed by atoms with van der Waals surface area (Å²) in [6.07, 6.45) is 6.10. The van der Waals surface area contributed by atoms with E-state index in [2.05, 4.69) is 20.2 Å². The molecule has 0 atom stereocenters. The van der Waals surface area contributed by atoms with Crippen LogP contribution in [-0.4, -0.2) is 30.2 Å². The van der Waals surface area contributed by atoms with Crippen molar-refractivity contribution in [1.29, 1.82) is 0 Å². The summed E-state index contributed by atoms with van der Waals surface area (Å²) >= 11 is 0. The summed E-state index contributed by atoms with van der Waals surface area (Å²) in [4.78, 5) is 0. The van der Waals surface area contributed by atoms with Gasteiger partial charge in [-0.05, 0) is 45.4 Å². The quantitative estimate of drug-likeness (QED) is 0.713. The predicted octanol–water partition coefficient (Wildman–Crippen LogP) is 1.58. The number of H-pyrrole nitrogens is 1. The van der Waals surface area contributed by atoms with Crippen LogP contribution in [0.25, 0.3) is 0 Å². The van der Waals surface area contributed by atoms with Gasteiger partial charge in [-0.3, -0.25) is 5.10 Å². The zero-order chi connectivity index (χ0) is 15.1. The van der Waals surface area contributed by atoms with Gasteiger partial charge in [0.15, 0.2) is 5.03 Å². The molecule has 0 aromatic carbocycles. The smallest absolute Gasteiger partial charge is 0.260 e. The minimum Gasteiger partial charge on any atom is -0.310 e. The predicted molar refractivity (Wildman–Crippen MR) is 80.4 cm³/mol. The number of nitrogens with zero attached hydrogens (tertiary/aromatic N) is 1. The number of sulfonamides is 1. The molecule has 3 rings (SSSR count). The second kappa shape index (κ2) is 5.37. The number of aromatic nitrogens is 2.